The van der Waals surface area contributed by atoms with Gasteiger partial charge in [0.05, 0.1) is 5.92 Å². The van der Waals surface area contributed by atoms with Crippen molar-refractivity contribution in [2.45, 2.75) is 33.1 Å². The summed E-state index contributed by atoms with van der Waals surface area (Å²) >= 11 is 11.5. The van der Waals surface area contributed by atoms with Gasteiger partial charge in [0.25, 0.3) is 0 Å². The van der Waals surface area contributed by atoms with Crippen molar-refractivity contribution in [3.05, 3.63) is 35.4 Å². The molecule has 0 aromatic heterocycles. The van der Waals surface area contributed by atoms with Crippen LogP contribution in [0.25, 0.3) is 0 Å². The highest BCUT2D eigenvalue weighted by Crippen LogP contribution is 2.18. The van der Waals surface area contributed by atoms with Gasteiger partial charge in [-0.25, -0.2) is 0 Å². The fourth-order valence-corrected chi connectivity index (χ4v) is 3.00. The predicted octanol–water partition coefficient (Wildman–Crippen LogP) is 4.31. The summed E-state index contributed by atoms with van der Waals surface area (Å²) in [4.78, 5) is 14.3. The molecule has 0 N–H and O–H groups in total. The molecule has 0 amide bonds. The Labute approximate surface area is 156 Å². The van der Waals surface area contributed by atoms with Gasteiger partial charge in [-0.1, -0.05) is 38.1 Å². The van der Waals surface area contributed by atoms with E-state index in [1.54, 1.807) is 0 Å². The number of halogens is 2. The van der Waals surface area contributed by atoms with E-state index in [4.69, 9.17) is 27.9 Å². The summed E-state index contributed by atoms with van der Waals surface area (Å²) in [7, 11) is 0. The maximum absolute atomic E-state index is 12.2. The number of carbonyl (C=O) groups is 1. The molecule has 0 radical (unpaired) electrons. The zero-order valence-electron chi connectivity index (χ0n) is 14.9. The lowest BCUT2D eigenvalue weighted by Crippen LogP contribution is -2.32. The van der Waals surface area contributed by atoms with E-state index in [9.17, 15) is 4.79 Å². The lowest BCUT2D eigenvalue weighted by atomic mass is 9.97. The van der Waals surface area contributed by atoms with E-state index in [-0.39, 0.29) is 11.9 Å². The predicted molar refractivity (Wildman–Crippen MR) is 102 cm³/mol. The Hall–Kier alpha value is -0.770. The van der Waals surface area contributed by atoms with Crippen molar-refractivity contribution in [3.8, 4) is 0 Å². The molecule has 0 spiro atoms. The van der Waals surface area contributed by atoms with Gasteiger partial charge in [-0.2, -0.15) is 0 Å². The number of alkyl halides is 2. The molecule has 0 bridgehead atoms. The SMILES string of the molecule is CC(C)Cc1ccc(C(C)C(=O)OCCN(CCCl)CCCl)cc1. The minimum atomic E-state index is -0.257. The molecule has 0 fully saturated rings. The van der Waals surface area contributed by atoms with Crippen LogP contribution in [0.4, 0.5) is 0 Å². The van der Waals surface area contributed by atoms with Crippen molar-refractivity contribution in [2.75, 3.05) is 38.0 Å². The first-order chi connectivity index (χ1) is 11.5. The van der Waals surface area contributed by atoms with Crippen molar-refractivity contribution >= 4 is 29.2 Å². The molecule has 3 nitrogen and oxygen atoms in total. The molecule has 1 rings (SSSR count). The number of hydrogen-bond acceptors (Lipinski definition) is 3. The quantitative estimate of drug-likeness (QED) is 0.427. The number of benzene rings is 1. The Morgan fingerprint density at radius 2 is 1.62 bits per heavy atom. The topological polar surface area (TPSA) is 29.5 Å². The summed E-state index contributed by atoms with van der Waals surface area (Å²) in [6.45, 7) is 8.80. The average molecular weight is 374 g/mol. The molecule has 0 heterocycles. The molecular weight excluding hydrogens is 345 g/mol. The van der Waals surface area contributed by atoms with Crippen molar-refractivity contribution in [3.63, 3.8) is 0 Å². The molecule has 24 heavy (non-hydrogen) atoms. The smallest absolute Gasteiger partial charge is 0.313 e. The fraction of sp³-hybridized carbons (Fsp3) is 0.632. The molecule has 0 aliphatic rings. The maximum Gasteiger partial charge on any atom is 0.313 e. The molecule has 0 aliphatic carbocycles. The van der Waals surface area contributed by atoms with Gasteiger partial charge >= 0.3 is 5.97 Å². The second kappa shape index (κ2) is 11.7. The zero-order chi connectivity index (χ0) is 17.9. The van der Waals surface area contributed by atoms with E-state index < -0.39 is 0 Å². The molecule has 0 aliphatic heterocycles. The second-order valence-corrected chi connectivity index (χ2v) is 7.20. The molecule has 1 aromatic rings. The Morgan fingerprint density at radius 1 is 1.04 bits per heavy atom. The molecule has 1 aromatic carbocycles. The van der Waals surface area contributed by atoms with E-state index in [0.717, 1.165) is 25.1 Å². The third-order valence-corrected chi connectivity index (χ3v) is 4.27. The highest BCUT2D eigenvalue weighted by Gasteiger charge is 2.17. The lowest BCUT2D eigenvalue weighted by Gasteiger charge is -2.20. The first kappa shape index (κ1) is 21.3. The van der Waals surface area contributed by atoms with E-state index in [0.29, 0.717) is 30.8 Å². The number of esters is 1. The Kier molecular flexibility index (Phi) is 10.4. The number of nitrogens with zero attached hydrogens (tertiary/aromatic N) is 1. The van der Waals surface area contributed by atoms with Crippen LogP contribution in [-0.4, -0.2) is 48.9 Å². The van der Waals surface area contributed by atoms with Crippen molar-refractivity contribution in [1.29, 1.82) is 0 Å². The minimum Gasteiger partial charge on any atom is -0.464 e. The number of rotatable bonds is 11. The minimum absolute atomic E-state index is 0.191. The van der Waals surface area contributed by atoms with Crippen molar-refractivity contribution in [1.82, 2.24) is 4.90 Å². The zero-order valence-corrected chi connectivity index (χ0v) is 16.4. The number of ether oxygens (including phenoxy) is 1. The largest absolute Gasteiger partial charge is 0.464 e. The molecule has 5 heteroatoms. The normalized spacial score (nSPS) is 12.6. The standard InChI is InChI=1S/C19H29Cl2NO2/c1-15(2)14-17-4-6-18(7-5-17)16(3)19(23)24-13-12-22(10-8-20)11-9-21/h4-7,15-16H,8-14H2,1-3H3. The van der Waals surface area contributed by atoms with Crippen LogP contribution in [-0.2, 0) is 16.0 Å². The monoisotopic (exact) mass is 373 g/mol. The van der Waals surface area contributed by atoms with Crippen LogP contribution < -0.4 is 0 Å². The third kappa shape index (κ3) is 7.87. The first-order valence-electron chi connectivity index (χ1n) is 8.57. The summed E-state index contributed by atoms with van der Waals surface area (Å²) in [6.07, 6.45) is 1.05. The highest BCUT2D eigenvalue weighted by atomic mass is 35.5. The van der Waals surface area contributed by atoms with E-state index in [2.05, 4.69) is 30.9 Å². The van der Waals surface area contributed by atoms with Crippen LogP contribution in [0, 0.1) is 5.92 Å². The molecule has 1 unspecified atom stereocenters. The van der Waals surface area contributed by atoms with Crippen LogP contribution in [0.1, 0.15) is 37.8 Å². The van der Waals surface area contributed by atoms with Gasteiger partial charge in [0.2, 0.25) is 0 Å². The highest BCUT2D eigenvalue weighted by molar-refractivity contribution is 6.18. The van der Waals surface area contributed by atoms with Gasteiger partial charge < -0.3 is 4.74 Å². The fourth-order valence-electron chi connectivity index (χ4n) is 2.52. The van der Waals surface area contributed by atoms with Crippen LogP contribution in [0.15, 0.2) is 24.3 Å². The van der Waals surface area contributed by atoms with E-state index in [1.165, 1.54) is 5.56 Å². The molecule has 136 valence electrons. The average Bonchev–Trinajstić information content (AvgIpc) is 2.54. The molecule has 1 atom stereocenters. The number of hydrogen-bond donors (Lipinski definition) is 0. The molecule has 0 saturated heterocycles. The molecular formula is C19H29Cl2NO2. The van der Waals surface area contributed by atoms with Gasteiger partial charge in [0.1, 0.15) is 6.61 Å². The third-order valence-electron chi connectivity index (χ3n) is 3.93. The van der Waals surface area contributed by atoms with Gasteiger partial charge in [0.15, 0.2) is 0 Å². The van der Waals surface area contributed by atoms with Crippen LogP contribution in [0.5, 0.6) is 0 Å². The summed E-state index contributed by atoms with van der Waals surface area (Å²) in [5.41, 5.74) is 2.29. The van der Waals surface area contributed by atoms with Crippen LogP contribution in [0.2, 0.25) is 0 Å². The Balaban J connectivity index is 2.46. The summed E-state index contributed by atoms with van der Waals surface area (Å²) < 4.78 is 5.41. The van der Waals surface area contributed by atoms with Gasteiger partial charge in [-0.3, -0.25) is 9.69 Å². The summed E-state index contributed by atoms with van der Waals surface area (Å²) in [5.74, 6) is 1.27. The first-order valence-corrected chi connectivity index (χ1v) is 9.64. The Bertz CT molecular complexity index is 471. The summed E-state index contributed by atoms with van der Waals surface area (Å²) in [5, 5.41) is 0. The van der Waals surface area contributed by atoms with Crippen LogP contribution in [0.3, 0.4) is 0 Å². The van der Waals surface area contributed by atoms with Gasteiger partial charge in [0, 0.05) is 31.4 Å². The van der Waals surface area contributed by atoms with E-state index in [1.807, 2.05) is 19.1 Å². The number of carbonyl (C=O) groups excluding carboxylic acids is 1. The lowest BCUT2D eigenvalue weighted by molar-refractivity contribution is -0.145. The molecule has 0 saturated carbocycles. The van der Waals surface area contributed by atoms with Crippen molar-refractivity contribution in [2.24, 2.45) is 5.92 Å². The van der Waals surface area contributed by atoms with Gasteiger partial charge in [-0.15, -0.1) is 23.2 Å². The van der Waals surface area contributed by atoms with Crippen LogP contribution >= 0.6 is 23.2 Å². The summed E-state index contributed by atoms with van der Waals surface area (Å²) in [6, 6.07) is 8.25. The second-order valence-electron chi connectivity index (χ2n) is 6.45. The van der Waals surface area contributed by atoms with Crippen molar-refractivity contribution < 1.29 is 9.53 Å². The van der Waals surface area contributed by atoms with E-state index >= 15 is 0 Å². The Morgan fingerprint density at radius 3 is 2.12 bits per heavy atom. The maximum atomic E-state index is 12.2. The van der Waals surface area contributed by atoms with Gasteiger partial charge in [-0.05, 0) is 30.4 Å².